The molecule has 0 N–H and O–H groups in total. The molecule has 2 heterocycles. The lowest BCUT2D eigenvalue weighted by Crippen LogP contribution is -2.16. The van der Waals surface area contributed by atoms with Gasteiger partial charge < -0.3 is 13.9 Å². The molecule has 11 rings (SSSR count). The van der Waals surface area contributed by atoms with Crippen LogP contribution in [0.1, 0.15) is 30.5 Å². The fourth-order valence-electron chi connectivity index (χ4n) is 8.70. The monoisotopic (exact) mass is 722 g/mol. The smallest absolute Gasteiger partial charge is 0.161 e. The van der Waals surface area contributed by atoms with Crippen LogP contribution < -0.4 is 4.90 Å². The van der Waals surface area contributed by atoms with Crippen LogP contribution >= 0.6 is 0 Å². The van der Waals surface area contributed by atoms with Crippen LogP contribution in [0.15, 0.2) is 198 Å². The van der Waals surface area contributed by atoms with E-state index < -0.39 is 0 Å². The van der Waals surface area contributed by atoms with Crippen LogP contribution in [-0.4, -0.2) is 4.57 Å². The van der Waals surface area contributed by atoms with Gasteiger partial charge in [0.2, 0.25) is 0 Å². The maximum absolute atomic E-state index is 9.69. The van der Waals surface area contributed by atoms with E-state index in [0.717, 1.165) is 66.7 Å². The van der Waals surface area contributed by atoms with E-state index in [9.17, 15) is 5.48 Å². The number of rotatable bonds is 6. The molecule has 0 unspecified atom stereocenters. The molecule has 10 aromatic rings. The Morgan fingerprint density at radius 1 is 0.500 bits per heavy atom. The summed E-state index contributed by atoms with van der Waals surface area (Å²) in [4.78, 5) is 1.89. The molecule has 3 heteroatoms. The third-order valence-corrected chi connectivity index (χ3v) is 11.5. The summed E-state index contributed by atoms with van der Waals surface area (Å²) in [7, 11) is 0. The predicted molar refractivity (Wildman–Crippen MR) is 234 cm³/mol. The lowest BCUT2D eigenvalue weighted by Gasteiger charge is -2.28. The molecule has 0 spiro atoms. The molecule has 1 aliphatic rings. The minimum atomic E-state index is -0.285. The Morgan fingerprint density at radius 2 is 1.14 bits per heavy atom. The molecule has 0 amide bonds. The van der Waals surface area contributed by atoms with Crippen LogP contribution in [0.2, 0.25) is 0 Å². The number of fused-ring (bicyclic) bond motifs is 8. The predicted octanol–water partition coefficient (Wildman–Crippen LogP) is 14.6. The molecule has 0 saturated heterocycles. The standard InChI is InChI=1S/C53H38N2O/c1-53(2)47-19-11-9-17-43(47)44-31-30-42(34-48(44)53)54(40-26-21-36(22-27-40)35-13-5-3-6-14-35)41-28-23-37(24-29-41)38-25-32-49-46(33-38)52-51(45-18-10-12-20-50(45)56-52)55(49)39-15-7-4-8-16-39/h3-34H,1-2H3/i23D,24D,28D,29D. The van der Waals surface area contributed by atoms with E-state index in [1.165, 1.54) is 11.1 Å². The van der Waals surface area contributed by atoms with Crippen molar-refractivity contribution in [2.45, 2.75) is 19.3 Å². The largest absolute Gasteiger partial charge is 0.454 e. The first kappa shape index (κ1) is 28.4. The highest BCUT2D eigenvalue weighted by atomic mass is 16.3. The molecule has 3 nitrogen and oxygen atoms in total. The van der Waals surface area contributed by atoms with Gasteiger partial charge in [0.1, 0.15) is 11.1 Å². The van der Waals surface area contributed by atoms with Gasteiger partial charge in [-0.15, -0.1) is 0 Å². The number of benzene rings is 8. The highest BCUT2D eigenvalue weighted by molar-refractivity contribution is 6.17. The second kappa shape index (κ2) is 12.5. The van der Waals surface area contributed by atoms with Gasteiger partial charge in [0.15, 0.2) is 5.58 Å². The Morgan fingerprint density at radius 3 is 1.95 bits per heavy atom. The van der Waals surface area contributed by atoms with Gasteiger partial charge in [-0.1, -0.05) is 135 Å². The van der Waals surface area contributed by atoms with Crippen molar-refractivity contribution in [1.29, 1.82) is 0 Å². The SMILES string of the molecule is [2H]c1c([2H])c(N(c2ccc(-c3ccccc3)cc2)c2ccc3c(c2)C(C)(C)c2ccccc2-3)c([2H])c([2H])c1-c1ccc2c(c1)c1oc3ccccc3c1n2-c1ccccc1. The first-order chi connectivity index (χ1) is 29.2. The minimum Gasteiger partial charge on any atom is -0.454 e. The van der Waals surface area contributed by atoms with E-state index >= 15 is 0 Å². The zero-order valence-corrected chi connectivity index (χ0v) is 31.0. The van der Waals surface area contributed by atoms with Gasteiger partial charge in [0.25, 0.3) is 0 Å². The van der Waals surface area contributed by atoms with Gasteiger partial charge in [-0.2, -0.15) is 0 Å². The Kier molecular flexibility index (Phi) is 6.32. The Labute approximate surface area is 332 Å². The molecule has 56 heavy (non-hydrogen) atoms. The normalized spacial score (nSPS) is 14.0. The number of hydrogen-bond donors (Lipinski definition) is 0. The summed E-state index contributed by atoms with van der Waals surface area (Å²) < 4.78 is 47.3. The molecule has 8 aromatic carbocycles. The van der Waals surface area contributed by atoms with Gasteiger partial charge in [-0.25, -0.2) is 0 Å². The van der Waals surface area contributed by atoms with Gasteiger partial charge >= 0.3 is 0 Å². The Bertz CT molecular complexity index is 3300. The van der Waals surface area contributed by atoms with Gasteiger partial charge in [0, 0.05) is 38.9 Å². The van der Waals surface area contributed by atoms with Crippen molar-refractivity contribution >= 4 is 50.0 Å². The molecule has 266 valence electrons. The van der Waals surface area contributed by atoms with Crippen molar-refractivity contribution in [2.75, 3.05) is 4.90 Å². The quantitative estimate of drug-likeness (QED) is 0.170. The summed E-state index contributed by atoms with van der Waals surface area (Å²) in [5, 5.41) is 1.81. The summed E-state index contributed by atoms with van der Waals surface area (Å²) >= 11 is 0. The maximum atomic E-state index is 9.69. The van der Waals surface area contributed by atoms with Crippen LogP contribution in [0.3, 0.4) is 0 Å². The van der Waals surface area contributed by atoms with Crippen molar-refractivity contribution in [3.05, 3.63) is 205 Å². The highest BCUT2D eigenvalue weighted by Gasteiger charge is 2.35. The molecule has 2 aromatic heterocycles. The van der Waals surface area contributed by atoms with E-state index in [0.29, 0.717) is 11.1 Å². The Balaban J connectivity index is 1.10. The van der Waals surface area contributed by atoms with E-state index in [1.807, 2.05) is 108 Å². The van der Waals surface area contributed by atoms with E-state index in [1.54, 1.807) is 0 Å². The number of hydrogen-bond acceptors (Lipinski definition) is 2. The van der Waals surface area contributed by atoms with E-state index in [2.05, 4.69) is 85.1 Å². The second-order valence-electron chi connectivity index (χ2n) is 15.1. The van der Waals surface area contributed by atoms with Crippen LogP contribution in [0, 0.1) is 0 Å². The lowest BCUT2D eigenvalue weighted by molar-refractivity contribution is 0.660. The van der Waals surface area contributed by atoms with E-state index in [4.69, 9.17) is 4.42 Å². The fourth-order valence-corrected chi connectivity index (χ4v) is 8.70. The van der Waals surface area contributed by atoms with Crippen molar-refractivity contribution in [2.24, 2.45) is 0 Å². The topological polar surface area (TPSA) is 21.3 Å². The van der Waals surface area contributed by atoms with Crippen LogP contribution in [0.5, 0.6) is 0 Å². The number of nitrogens with zero attached hydrogens (tertiary/aromatic N) is 2. The highest BCUT2D eigenvalue weighted by Crippen LogP contribution is 2.51. The van der Waals surface area contributed by atoms with Crippen LogP contribution in [-0.2, 0) is 5.41 Å². The zero-order valence-electron chi connectivity index (χ0n) is 35.0. The van der Waals surface area contributed by atoms with Crippen molar-refractivity contribution in [3.63, 3.8) is 0 Å². The molecule has 0 bridgehead atoms. The van der Waals surface area contributed by atoms with Crippen molar-refractivity contribution in [1.82, 2.24) is 4.57 Å². The minimum absolute atomic E-state index is 0.117. The van der Waals surface area contributed by atoms with Crippen molar-refractivity contribution < 1.29 is 9.90 Å². The first-order valence-corrected chi connectivity index (χ1v) is 19.0. The van der Waals surface area contributed by atoms with Gasteiger partial charge in [0.05, 0.1) is 11.0 Å². The molecular weight excluding hydrogens is 681 g/mol. The molecule has 0 aliphatic heterocycles. The average Bonchev–Trinajstić information content (AvgIpc) is 3.89. The second-order valence-corrected chi connectivity index (χ2v) is 15.1. The number of para-hydroxylation sites is 2. The number of anilines is 3. The average molecular weight is 723 g/mol. The molecule has 0 atom stereocenters. The van der Waals surface area contributed by atoms with E-state index in [-0.39, 0.29) is 40.8 Å². The summed E-state index contributed by atoms with van der Waals surface area (Å²) in [5.74, 6) is 0. The van der Waals surface area contributed by atoms with Gasteiger partial charge in [-0.05, 0) is 117 Å². The molecule has 0 radical (unpaired) electrons. The third kappa shape index (κ3) is 4.98. The van der Waals surface area contributed by atoms with Gasteiger partial charge in [-0.3, -0.25) is 0 Å². The van der Waals surface area contributed by atoms with Crippen LogP contribution in [0.4, 0.5) is 17.1 Å². The first-order valence-electron chi connectivity index (χ1n) is 21.0. The maximum Gasteiger partial charge on any atom is 0.161 e. The fraction of sp³-hybridized carbons (Fsp3) is 0.0566. The summed E-state index contributed by atoms with van der Waals surface area (Å²) in [5.41, 5.74) is 13.4. The van der Waals surface area contributed by atoms with Crippen molar-refractivity contribution in [3.8, 4) is 39.1 Å². The number of furan rings is 1. The molecule has 1 aliphatic carbocycles. The third-order valence-electron chi connectivity index (χ3n) is 11.5. The lowest BCUT2D eigenvalue weighted by atomic mass is 9.82. The summed E-state index contributed by atoms with van der Waals surface area (Å²) in [6.45, 7) is 4.46. The number of aromatic nitrogens is 1. The Hall–Kier alpha value is -7.10. The summed E-state index contributed by atoms with van der Waals surface area (Å²) in [6.07, 6.45) is 0. The van der Waals surface area contributed by atoms with Crippen LogP contribution in [0.25, 0.3) is 72.0 Å². The molecule has 0 fully saturated rings. The molecule has 0 saturated carbocycles. The molecular formula is C53H38N2O. The zero-order chi connectivity index (χ0) is 40.9. The summed E-state index contributed by atoms with van der Waals surface area (Å²) in [6, 6.07) is 56.6.